The fourth-order valence-electron chi connectivity index (χ4n) is 2.30. The van der Waals surface area contributed by atoms with Crippen molar-refractivity contribution in [1.82, 2.24) is 0 Å². The maximum atomic E-state index is 11.7. The van der Waals surface area contributed by atoms with Crippen molar-refractivity contribution in [2.75, 3.05) is 0 Å². The minimum absolute atomic E-state index is 0.299. The first-order valence-electron chi connectivity index (χ1n) is 5.73. The van der Waals surface area contributed by atoms with E-state index in [1.165, 1.54) is 0 Å². The maximum Gasteiger partial charge on any atom is 0.334 e. The van der Waals surface area contributed by atoms with E-state index in [1.807, 2.05) is 47.8 Å². The molecule has 1 saturated heterocycles. The van der Waals surface area contributed by atoms with Gasteiger partial charge in [-0.05, 0) is 11.4 Å². The number of benzene rings is 1. The quantitative estimate of drug-likeness (QED) is 0.607. The summed E-state index contributed by atoms with van der Waals surface area (Å²) in [5, 5.41) is 1.99. The van der Waals surface area contributed by atoms with Crippen LogP contribution in [0.2, 0.25) is 0 Å². The van der Waals surface area contributed by atoms with Crippen molar-refractivity contribution in [2.45, 2.75) is 12.0 Å². The molecule has 2 nitrogen and oxygen atoms in total. The Balaban J connectivity index is 2.17. The van der Waals surface area contributed by atoms with Crippen LogP contribution in [0.5, 0.6) is 0 Å². The Bertz CT molecular complexity index is 568. The van der Waals surface area contributed by atoms with Gasteiger partial charge in [0.1, 0.15) is 0 Å². The number of hydrogen-bond acceptors (Lipinski definition) is 3. The van der Waals surface area contributed by atoms with E-state index in [2.05, 4.69) is 6.58 Å². The third-order valence-corrected chi connectivity index (χ3v) is 4.19. The highest BCUT2D eigenvalue weighted by molar-refractivity contribution is 7.10. The lowest BCUT2D eigenvalue weighted by Gasteiger charge is -2.26. The molecule has 3 rings (SSSR count). The summed E-state index contributed by atoms with van der Waals surface area (Å²) in [6, 6.07) is 13.8. The first kappa shape index (κ1) is 11.2. The second-order valence-corrected chi connectivity index (χ2v) is 5.29. The molecule has 1 aromatic carbocycles. The molecular formula is C15H12O2S. The number of carbonyl (C=O) groups is 1. The molecule has 0 N–H and O–H groups in total. The number of carbonyl (C=O) groups excluding carboxylic acids is 1. The van der Waals surface area contributed by atoms with Crippen LogP contribution in [0, 0.1) is 0 Å². The standard InChI is InChI=1S/C15H12O2S/c1-11-10-15(17-14(11)16,13-8-5-9-18-13)12-6-3-2-4-7-12/h2-9H,1,10H2/t15-/m0/s1. The molecule has 2 aromatic rings. The zero-order valence-corrected chi connectivity index (χ0v) is 10.6. The third-order valence-electron chi connectivity index (χ3n) is 3.18. The van der Waals surface area contributed by atoms with E-state index in [1.54, 1.807) is 11.3 Å². The van der Waals surface area contributed by atoms with Crippen LogP contribution in [0.3, 0.4) is 0 Å². The lowest BCUT2D eigenvalue weighted by atomic mass is 9.88. The molecule has 0 amide bonds. The molecule has 0 saturated carbocycles. The number of thiophene rings is 1. The van der Waals surface area contributed by atoms with Gasteiger partial charge in [-0.25, -0.2) is 4.79 Å². The zero-order valence-electron chi connectivity index (χ0n) is 9.76. The summed E-state index contributed by atoms with van der Waals surface area (Å²) in [7, 11) is 0. The number of hydrogen-bond donors (Lipinski definition) is 0. The number of ether oxygens (including phenoxy) is 1. The Hall–Kier alpha value is -1.87. The summed E-state index contributed by atoms with van der Waals surface area (Å²) in [4.78, 5) is 12.8. The fourth-order valence-corrected chi connectivity index (χ4v) is 3.18. The number of esters is 1. The van der Waals surface area contributed by atoms with Crippen molar-refractivity contribution < 1.29 is 9.53 Å². The summed E-state index contributed by atoms with van der Waals surface area (Å²) < 4.78 is 5.66. The topological polar surface area (TPSA) is 26.3 Å². The van der Waals surface area contributed by atoms with Gasteiger partial charge in [-0.15, -0.1) is 11.3 Å². The SMILES string of the molecule is C=C1C[C@](c2ccccc2)(c2cccs2)OC1=O. The summed E-state index contributed by atoms with van der Waals surface area (Å²) in [6.45, 7) is 3.80. The van der Waals surface area contributed by atoms with Gasteiger partial charge in [-0.3, -0.25) is 0 Å². The van der Waals surface area contributed by atoms with E-state index < -0.39 is 5.60 Å². The highest BCUT2D eigenvalue weighted by atomic mass is 32.1. The molecule has 3 heteroatoms. The Morgan fingerprint density at radius 2 is 1.94 bits per heavy atom. The smallest absolute Gasteiger partial charge is 0.334 e. The molecule has 0 radical (unpaired) electrons. The first-order valence-corrected chi connectivity index (χ1v) is 6.61. The molecule has 0 unspecified atom stereocenters. The lowest BCUT2D eigenvalue weighted by molar-refractivity contribution is -0.143. The molecule has 1 fully saturated rings. The van der Waals surface area contributed by atoms with Crippen LogP contribution >= 0.6 is 11.3 Å². The highest BCUT2D eigenvalue weighted by Crippen LogP contribution is 2.45. The zero-order chi connectivity index (χ0) is 12.6. The van der Waals surface area contributed by atoms with Gasteiger partial charge < -0.3 is 4.74 Å². The average Bonchev–Trinajstić information content (AvgIpc) is 3.01. The van der Waals surface area contributed by atoms with E-state index in [-0.39, 0.29) is 5.97 Å². The Labute approximate surface area is 110 Å². The minimum Gasteiger partial charge on any atom is -0.445 e. The molecule has 18 heavy (non-hydrogen) atoms. The molecule has 1 aliphatic rings. The molecule has 0 aliphatic carbocycles. The Morgan fingerprint density at radius 3 is 2.50 bits per heavy atom. The van der Waals surface area contributed by atoms with E-state index in [4.69, 9.17) is 4.74 Å². The van der Waals surface area contributed by atoms with Crippen LogP contribution in [-0.4, -0.2) is 5.97 Å². The van der Waals surface area contributed by atoms with Crippen molar-refractivity contribution in [3.63, 3.8) is 0 Å². The first-order chi connectivity index (χ1) is 8.72. The van der Waals surface area contributed by atoms with E-state index in [0.717, 1.165) is 10.4 Å². The van der Waals surface area contributed by atoms with Gasteiger partial charge in [0, 0.05) is 17.6 Å². The number of cyclic esters (lactones) is 1. The van der Waals surface area contributed by atoms with Gasteiger partial charge in [0.2, 0.25) is 0 Å². The van der Waals surface area contributed by atoms with Crippen molar-refractivity contribution in [1.29, 1.82) is 0 Å². The van der Waals surface area contributed by atoms with Gasteiger partial charge >= 0.3 is 5.97 Å². The molecule has 1 aromatic heterocycles. The second kappa shape index (κ2) is 4.10. The summed E-state index contributed by atoms with van der Waals surface area (Å²) in [5.41, 5.74) is 0.857. The van der Waals surface area contributed by atoms with E-state index in [0.29, 0.717) is 12.0 Å². The van der Waals surface area contributed by atoms with Crippen LogP contribution in [0.4, 0.5) is 0 Å². The highest BCUT2D eigenvalue weighted by Gasteiger charge is 2.46. The second-order valence-electron chi connectivity index (χ2n) is 4.34. The molecule has 2 heterocycles. The molecule has 1 atom stereocenters. The van der Waals surface area contributed by atoms with E-state index >= 15 is 0 Å². The van der Waals surface area contributed by atoms with Crippen LogP contribution < -0.4 is 0 Å². The molecule has 0 spiro atoms. The Morgan fingerprint density at radius 1 is 1.17 bits per heavy atom. The van der Waals surface area contributed by atoms with Crippen molar-refractivity contribution in [3.8, 4) is 0 Å². The van der Waals surface area contributed by atoms with Gasteiger partial charge in [-0.1, -0.05) is 43.0 Å². The average molecular weight is 256 g/mol. The normalized spacial score (nSPS) is 23.1. The summed E-state index contributed by atoms with van der Waals surface area (Å²) in [5.74, 6) is -0.299. The van der Waals surface area contributed by atoms with Crippen molar-refractivity contribution >= 4 is 17.3 Å². The van der Waals surface area contributed by atoms with Crippen LogP contribution in [0.15, 0.2) is 60.0 Å². The van der Waals surface area contributed by atoms with Crippen LogP contribution in [-0.2, 0) is 15.1 Å². The molecule has 1 aliphatic heterocycles. The van der Waals surface area contributed by atoms with Crippen LogP contribution in [0.25, 0.3) is 0 Å². The van der Waals surface area contributed by atoms with Crippen LogP contribution in [0.1, 0.15) is 16.9 Å². The van der Waals surface area contributed by atoms with E-state index in [9.17, 15) is 4.79 Å². The van der Waals surface area contributed by atoms with Crippen molar-refractivity contribution in [2.24, 2.45) is 0 Å². The predicted molar refractivity (Wildman–Crippen MR) is 71.4 cm³/mol. The summed E-state index contributed by atoms with van der Waals surface area (Å²) >= 11 is 1.60. The van der Waals surface area contributed by atoms with Gasteiger partial charge in [0.05, 0.1) is 4.88 Å². The monoisotopic (exact) mass is 256 g/mol. The Kier molecular flexibility index (Phi) is 2.56. The summed E-state index contributed by atoms with van der Waals surface area (Å²) in [6.07, 6.45) is 0.524. The van der Waals surface area contributed by atoms with Gasteiger partial charge in [0.25, 0.3) is 0 Å². The minimum atomic E-state index is -0.677. The third kappa shape index (κ3) is 1.59. The van der Waals surface area contributed by atoms with Gasteiger partial charge in [0.15, 0.2) is 5.60 Å². The molecule has 90 valence electrons. The molecule has 0 bridgehead atoms. The predicted octanol–water partition coefficient (Wildman–Crippen LogP) is 3.49. The maximum absolute atomic E-state index is 11.7. The van der Waals surface area contributed by atoms with Gasteiger partial charge in [-0.2, -0.15) is 0 Å². The lowest BCUT2D eigenvalue weighted by Crippen LogP contribution is -2.25. The van der Waals surface area contributed by atoms with Crippen molar-refractivity contribution in [3.05, 3.63) is 70.4 Å². The fraction of sp³-hybridized carbons (Fsp3) is 0.133. The number of rotatable bonds is 2. The molecular weight excluding hydrogens is 244 g/mol. The largest absolute Gasteiger partial charge is 0.445 e.